The molecule has 0 aliphatic heterocycles. The Balaban J connectivity index is 1.74. The predicted octanol–water partition coefficient (Wildman–Crippen LogP) is 3.92. The molecule has 2 aliphatic carbocycles. The average molecular weight is 289 g/mol. The summed E-state index contributed by atoms with van der Waals surface area (Å²) in [5, 5.41) is 1.59. The maximum Gasteiger partial charge on any atom is 0.258 e. The minimum absolute atomic E-state index is 0.0522. The van der Waals surface area contributed by atoms with E-state index in [0.29, 0.717) is 24.6 Å². The zero-order valence-corrected chi connectivity index (χ0v) is 11.9. The van der Waals surface area contributed by atoms with Crippen LogP contribution in [0, 0.1) is 18.8 Å². The van der Waals surface area contributed by atoms with Crippen LogP contribution in [0.25, 0.3) is 10.8 Å². The minimum atomic E-state index is -2.49. The fourth-order valence-electron chi connectivity index (χ4n) is 3.87. The summed E-state index contributed by atoms with van der Waals surface area (Å²) in [5.74, 6) is -3.45. The molecule has 1 heterocycles. The van der Waals surface area contributed by atoms with E-state index in [1.165, 1.54) is 0 Å². The average Bonchev–Trinajstić information content (AvgIpc) is 3.01. The van der Waals surface area contributed by atoms with E-state index in [0.717, 1.165) is 10.9 Å². The Labute approximate surface area is 121 Å². The van der Waals surface area contributed by atoms with Crippen molar-refractivity contribution in [2.45, 2.75) is 38.2 Å². The highest BCUT2D eigenvalue weighted by molar-refractivity contribution is 5.82. The summed E-state index contributed by atoms with van der Waals surface area (Å²) < 4.78 is 28.7. The maximum absolute atomic E-state index is 13.5. The molecule has 110 valence electrons. The van der Waals surface area contributed by atoms with Gasteiger partial charge in [0.1, 0.15) is 0 Å². The van der Waals surface area contributed by atoms with Gasteiger partial charge in [-0.15, -0.1) is 0 Å². The summed E-state index contributed by atoms with van der Waals surface area (Å²) in [6, 6.07) is 7.61. The molecule has 2 fully saturated rings. The number of halogens is 2. The Morgan fingerprint density at radius 3 is 2.76 bits per heavy atom. The Bertz CT molecular complexity index is 780. The molecule has 1 aromatic heterocycles. The molecule has 4 rings (SSSR count). The number of nitrogens with zero attached hydrogens (tertiary/aromatic N) is 1. The second-order valence-electron chi connectivity index (χ2n) is 6.47. The van der Waals surface area contributed by atoms with Crippen LogP contribution in [0.4, 0.5) is 8.78 Å². The lowest BCUT2D eigenvalue weighted by Gasteiger charge is -2.23. The third kappa shape index (κ3) is 1.84. The highest BCUT2D eigenvalue weighted by atomic mass is 19.3. The van der Waals surface area contributed by atoms with E-state index in [1.54, 1.807) is 10.8 Å². The number of fused-ring (bicyclic) bond motifs is 2. The van der Waals surface area contributed by atoms with E-state index in [-0.39, 0.29) is 11.6 Å². The summed E-state index contributed by atoms with van der Waals surface area (Å²) in [5.41, 5.74) is 0.985. The molecule has 1 aromatic carbocycles. The van der Waals surface area contributed by atoms with Crippen molar-refractivity contribution in [2.75, 3.05) is 0 Å². The normalized spacial score (nSPS) is 30.1. The molecule has 4 heteroatoms. The van der Waals surface area contributed by atoms with E-state index < -0.39 is 17.8 Å². The molecule has 2 aromatic rings. The van der Waals surface area contributed by atoms with Crippen LogP contribution >= 0.6 is 0 Å². The van der Waals surface area contributed by atoms with Gasteiger partial charge < -0.3 is 4.57 Å². The first-order valence-corrected chi connectivity index (χ1v) is 7.48. The van der Waals surface area contributed by atoms with Crippen molar-refractivity contribution in [3.8, 4) is 0 Å². The van der Waals surface area contributed by atoms with Gasteiger partial charge in [0, 0.05) is 29.5 Å². The standard InChI is InChI=1S/C17H17F2NO/c1-10-2-3-11-6-7-20(16(21)13(11)8-10)12-4-5-14-15(9-12)17(14,18)19/h2-3,6-8,12,14-15H,4-5,9H2,1H3/t12?,14-,15+/m1/s1. The van der Waals surface area contributed by atoms with Gasteiger partial charge in [-0.1, -0.05) is 17.7 Å². The zero-order valence-electron chi connectivity index (χ0n) is 11.9. The lowest BCUT2D eigenvalue weighted by Crippen LogP contribution is -2.26. The zero-order chi connectivity index (χ0) is 14.8. The Hall–Kier alpha value is -1.71. The fraction of sp³-hybridized carbons (Fsp3) is 0.471. The number of hydrogen-bond acceptors (Lipinski definition) is 1. The molecule has 1 unspecified atom stereocenters. The molecule has 0 radical (unpaired) electrons. The van der Waals surface area contributed by atoms with Gasteiger partial charge in [-0.2, -0.15) is 0 Å². The predicted molar refractivity (Wildman–Crippen MR) is 77.8 cm³/mol. The molecular formula is C17H17F2NO. The van der Waals surface area contributed by atoms with Crippen molar-refractivity contribution in [3.05, 3.63) is 46.4 Å². The van der Waals surface area contributed by atoms with Gasteiger partial charge in [-0.3, -0.25) is 4.79 Å². The Kier molecular flexibility index (Phi) is 2.57. The molecule has 2 saturated carbocycles. The molecule has 0 saturated heterocycles. The molecular weight excluding hydrogens is 272 g/mol. The SMILES string of the molecule is Cc1ccc2ccn(C3CC[C@@H]4[C@H](C3)C4(F)F)c(=O)c2c1. The number of rotatable bonds is 1. The van der Waals surface area contributed by atoms with E-state index in [9.17, 15) is 13.6 Å². The van der Waals surface area contributed by atoms with E-state index in [1.807, 2.05) is 31.2 Å². The molecule has 2 aliphatic rings. The van der Waals surface area contributed by atoms with Gasteiger partial charge in [0.25, 0.3) is 11.5 Å². The topological polar surface area (TPSA) is 22.0 Å². The van der Waals surface area contributed by atoms with Crippen molar-refractivity contribution in [1.29, 1.82) is 0 Å². The van der Waals surface area contributed by atoms with Gasteiger partial charge in [0.05, 0.1) is 0 Å². The van der Waals surface area contributed by atoms with Crippen molar-refractivity contribution in [2.24, 2.45) is 11.8 Å². The van der Waals surface area contributed by atoms with E-state index in [2.05, 4.69) is 0 Å². The molecule has 2 nitrogen and oxygen atoms in total. The highest BCUT2D eigenvalue weighted by Gasteiger charge is 2.69. The smallest absolute Gasteiger partial charge is 0.258 e. The second kappa shape index (κ2) is 4.15. The maximum atomic E-state index is 13.5. The van der Waals surface area contributed by atoms with Gasteiger partial charge in [-0.05, 0) is 43.7 Å². The third-order valence-electron chi connectivity index (χ3n) is 5.18. The van der Waals surface area contributed by atoms with Gasteiger partial charge in [-0.25, -0.2) is 8.78 Å². The third-order valence-corrected chi connectivity index (χ3v) is 5.18. The van der Waals surface area contributed by atoms with Crippen LogP contribution in [0.5, 0.6) is 0 Å². The van der Waals surface area contributed by atoms with Crippen LogP contribution < -0.4 is 5.56 Å². The fourth-order valence-corrected chi connectivity index (χ4v) is 3.87. The Morgan fingerprint density at radius 2 is 2.00 bits per heavy atom. The van der Waals surface area contributed by atoms with Crippen LogP contribution in [-0.2, 0) is 0 Å². The molecule has 0 amide bonds. The molecule has 21 heavy (non-hydrogen) atoms. The van der Waals surface area contributed by atoms with Crippen LogP contribution in [0.1, 0.15) is 30.9 Å². The molecule has 0 spiro atoms. The summed E-state index contributed by atoms with van der Waals surface area (Å²) >= 11 is 0. The summed E-state index contributed by atoms with van der Waals surface area (Å²) in [7, 11) is 0. The molecule has 3 atom stereocenters. The van der Waals surface area contributed by atoms with Crippen molar-refractivity contribution >= 4 is 10.8 Å². The second-order valence-corrected chi connectivity index (χ2v) is 6.47. The van der Waals surface area contributed by atoms with Gasteiger partial charge in [0.2, 0.25) is 0 Å². The van der Waals surface area contributed by atoms with Gasteiger partial charge >= 0.3 is 0 Å². The van der Waals surface area contributed by atoms with Crippen LogP contribution in [0.15, 0.2) is 35.3 Å². The number of hydrogen-bond donors (Lipinski definition) is 0. The monoisotopic (exact) mass is 289 g/mol. The van der Waals surface area contributed by atoms with Crippen LogP contribution in [0.3, 0.4) is 0 Å². The highest BCUT2D eigenvalue weighted by Crippen LogP contribution is 2.63. The van der Waals surface area contributed by atoms with Crippen molar-refractivity contribution < 1.29 is 8.78 Å². The summed E-state index contributed by atoms with van der Waals surface area (Å²) in [6.07, 6.45) is 3.40. The summed E-state index contributed by atoms with van der Waals surface area (Å²) in [4.78, 5) is 12.6. The van der Waals surface area contributed by atoms with Gasteiger partial charge in [0.15, 0.2) is 0 Å². The molecule has 0 N–H and O–H groups in total. The lowest BCUT2D eigenvalue weighted by atomic mass is 9.95. The number of aromatic nitrogens is 1. The van der Waals surface area contributed by atoms with Crippen LogP contribution in [-0.4, -0.2) is 10.5 Å². The quantitative estimate of drug-likeness (QED) is 0.780. The molecule has 0 bridgehead atoms. The largest absolute Gasteiger partial charge is 0.312 e. The Morgan fingerprint density at radius 1 is 1.19 bits per heavy atom. The lowest BCUT2D eigenvalue weighted by molar-refractivity contribution is 0.0844. The van der Waals surface area contributed by atoms with Crippen molar-refractivity contribution in [1.82, 2.24) is 4.57 Å². The number of aryl methyl sites for hydroxylation is 1. The number of pyridine rings is 1. The van der Waals surface area contributed by atoms with Crippen LogP contribution in [0.2, 0.25) is 0 Å². The van der Waals surface area contributed by atoms with E-state index >= 15 is 0 Å². The summed E-state index contributed by atoms with van der Waals surface area (Å²) in [6.45, 7) is 1.95. The number of benzene rings is 1. The minimum Gasteiger partial charge on any atom is -0.312 e. The first-order chi connectivity index (χ1) is 9.98. The van der Waals surface area contributed by atoms with E-state index in [4.69, 9.17) is 0 Å². The first-order valence-electron chi connectivity index (χ1n) is 7.48. The van der Waals surface area contributed by atoms with Crippen molar-refractivity contribution in [3.63, 3.8) is 0 Å². The first kappa shape index (κ1) is 13.0. The number of alkyl halides is 2.